The maximum atomic E-state index is 13.8. The molecular weight excluding hydrogens is 454 g/mol. The van der Waals surface area contributed by atoms with Crippen LogP contribution < -0.4 is 4.74 Å². The van der Waals surface area contributed by atoms with E-state index in [2.05, 4.69) is 22.0 Å². The van der Waals surface area contributed by atoms with Crippen LogP contribution in [0.4, 0.5) is 0 Å². The lowest BCUT2D eigenvalue weighted by Gasteiger charge is -2.38. The molecule has 0 unspecified atom stereocenters. The second-order valence-corrected chi connectivity index (χ2v) is 10.1. The van der Waals surface area contributed by atoms with Gasteiger partial charge in [0.2, 0.25) is 0 Å². The minimum atomic E-state index is -0.294. The van der Waals surface area contributed by atoms with Crippen LogP contribution in [0.15, 0.2) is 42.5 Å². The fourth-order valence-corrected chi connectivity index (χ4v) is 6.57. The number of thiocarbonyl (C=S) groups is 1. The fourth-order valence-electron chi connectivity index (χ4n) is 5.92. The van der Waals surface area contributed by atoms with Gasteiger partial charge < -0.3 is 14.6 Å². The molecule has 0 radical (unpaired) electrons. The van der Waals surface area contributed by atoms with Gasteiger partial charge in [-0.25, -0.2) is 0 Å². The average molecular weight is 480 g/mol. The van der Waals surface area contributed by atoms with Gasteiger partial charge in [-0.15, -0.1) is 0 Å². The quantitative estimate of drug-likeness (QED) is 0.496. The van der Waals surface area contributed by atoms with E-state index >= 15 is 0 Å². The van der Waals surface area contributed by atoms with E-state index in [0.717, 1.165) is 59.2 Å². The molecular formula is C26H26ClN3O2S. The van der Waals surface area contributed by atoms with Crippen LogP contribution in [0.1, 0.15) is 55.0 Å². The van der Waals surface area contributed by atoms with Crippen molar-refractivity contribution in [3.8, 4) is 5.75 Å². The molecule has 170 valence electrons. The number of nitrogens with zero attached hydrogens (tertiary/aromatic N) is 2. The van der Waals surface area contributed by atoms with E-state index in [-0.39, 0.29) is 24.0 Å². The first-order valence-electron chi connectivity index (χ1n) is 11.7. The molecule has 2 aromatic carbocycles. The Balaban J connectivity index is 1.50. The molecule has 1 aliphatic carbocycles. The molecule has 2 aliphatic heterocycles. The number of carbonyl (C=O) groups is 1. The Morgan fingerprint density at radius 3 is 2.58 bits per heavy atom. The summed E-state index contributed by atoms with van der Waals surface area (Å²) in [7, 11) is 1.67. The Hall–Kier alpha value is -2.57. The molecule has 5 nitrogen and oxygen atoms in total. The fraction of sp³-hybridized carbons (Fsp3) is 0.385. The lowest BCUT2D eigenvalue weighted by Crippen LogP contribution is -2.44. The molecule has 1 saturated heterocycles. The topological polar surface area (TPSA) is 48.6 Å². The number of ether oxygens (including phenoxy) is 1. The predicted octanol–water partition coefficient (Wildman–Crippen LogP) is 5.61. The standard InChI is InChI=1S/C26H26ClN3O2S/c1-32-18-10-7-15(8-11-18)24-23-20(19-13-16(27)9-12-21(19)28-23)14-22-25(31)29(26(33)30(22)24)17-5-3-2-4-6-17/h7-13,17,22,24,28H,2-6,14H2,1H3/t22-,24+/m1/s1. The van der Waals surface area contributed by atoms with Crippen molar-refractivity contribution < 1.29 is 9.53 Å². The van der Waals surface area contributed by atoms with Gasteiger partial charge in [0.25, 0.3) is 5.91 Å². The zero-order valence-electron chi connectivity index (χ0n) is 18.5. The predicted molar refractivity (Wildman–Crippen MR) is 134 cm³/mol. The SMILES string of the molecule is COc1ccc([C@H]2c3[nH]c4ccc(Cl)cc4c3C[C@@H]3C(=O)N(C4CCCCC4)C(=S)N23)cc1. The van der Waals surface area contributed by atoms with Crippen LogP contribution in [-0.2, 0) is 11.2 Å². The van der Waals surface area contributed by atoms with Crippen LogP contribution in [0.3, 0.4) is 0 Å². The van der Waals surface area contributed by atoms with Gasteiger partial charge in [0, 0.05) is 34.1 Å². The Morgan fingerprint density at radius 1 is 1.09 bits per heavy atom. The highest BCUT2D eigenvalue weighted by atomic mass is 35.5. The van der Waals surface area contributed by atoms with Crippen LogP contribution >= 0.6 is 23.8 Å². The zero-order valence-corrected chi connectivity index (χ0v) is 20.1. The van der Waals surface area contributed by atoms with Gasteiger partial charge in [-0.05, 0) is 66.5 Å². The molecule has 3 aromatic rings. The third kappa shape index (κ3) is 3.26. The van der Waals surface area contributed by atoms with E-state index in [0.29, 0.717) is 16.6 Å². The summed E-state index contributed by atoms with van der Waals surface area (Å²) < 4.78 is 5.38. The summed E-state index contributed by atoms with van der Waals surface area (Å²) in [6, 6.07) is 13.8. The van der Waals surface area contributed by atoms with E-state index in [1.165, 1.54) is 6.42 Å². The van der Waals surface area contributed by atoms with E-state index in [1.807, 2.05) is 35.2 Å². The maximum absolute atomic E-state index is 13.8. The number of nitrogens with one attached hydrogen (secondary N) is 1. The van der Waals surface area contributed by atoms with Crippen LogP contribution in [0.2, 0.25) is 5.02 Å². The van der Waals surface area contributed by atoms with Gasteiger partial charge in [0.1, 0.15) is 11.8 Å². The van der Waals surface area contributed by atoms with Crippen LogP contribution in [0.25, 0.3) is 10.9 Å². The summed E-state index contributed by atoms with van der Waals surface area (Å²) in [5, 5.41) is 2.45. The van der Waals surface area contributed by atoms with E-state index in [1.54, 1.807) is 7.11 Å². The van der Waals surface area contributed by atoms with Crippen molar-refractivity contribution in [3.05, 3.63) is 64.3 Å². The number of rotatable bonds is 3. The Kier molecular flexibility index (Phi) is 5.11. The minimum absolute atomic E-state index is 0.146. The monoisotopic (exact) mass is 479 g/mol. The van der Waals surface area contributed by atoms with Crippen LogP contribution in [0, 0.1) is 0 Å². The van der Waals surface area contributed by atoms with Crippen molar-refractivity contribution in [1.29, 1.82) is 0 Å². The Morgan fingerprint density at radius 2 is 1.85 bits per heavy atom. The lowest BCUT2D eigenvalue weighted by molar-refractivity contribution is -0.130. The molecule has 3 heterocycles. The molecule has 1 amide bonds. The molecule has 1 aromatic heterocycles. The summed E-state index contributed by atoms with van der Waals surface area (Å²) in [4.78, 5) is 21.6. The molecule has 3 aliphatic rings. The third-order valence-electron chi connectivity index (χ3n) is 7.51. The first-order chi connectivity index (χ1) is 16.1. The molecule has 2 fully saturated rings. The number of benzene rings is 2. The molecule has 33 heavy (non-hydrogen) atoms. The number of aromatic nitrogens is 1. The number of hydrogen-bond acceptors (Lipinski definition) is 3. The number of carbonyl (C=O) groups excluding carboxylic acids is 1. The third-order valence-corrected chi connectivity index (χ3v) is 8.15. The second-order valence-electron chi connectivity index (χ2n) is 9.29. The van der Waals surface area contributed by atoms with Crippen LogP contribution in [0.5, 0.6) is 5.75 Å². The smallest absolute Gasteiger partial charge is 0.252 e. The van der Waals surface area contributed by atoms with Gasteiger partial charge in [-0.3, -0.25) is 9.69 Å². The zero-order chi connectivity index (χ0) is 22.7. The summed E-state index contributed by atoms with van der Waals surface area (Å²) in [5.74, 6) is 0.950. The highest BCUT2D eigenvalue weighted by Crippen LogP contribution is 2.45. The maximum Gasteiger partial charge on any atom is 0.252 e. The molecule has 2 atom stereocenters. The molecule has 0 bridgehead atoms. The highest BCUT2D eigenvalue weighted by molar-refractivity contribution is 7.80. The van der Waals surface area contributed by atoms with Crippen molar-refractivity contribution in [1.82, 2.24) is 14.8 Å². The minimum Gasteiger partial charge on any atom is -0.497 e. The molecule has 7 heteroatoms. The number of amides is 1. The highest BCUT2D eigenvalue weighted by Gasteiger charge is 2.52. The first-order valence-corrected chi connectivity index (χ1v) is 12.4. The molecule has 6 rings (SSSR count). The van der Waals surface area contributed by atoms with Gasteiger partial charge in [0.05, 0.1) is 13.2 Å². The van der Waals surface area contributed by atoms with Gasteiger partial charge >= 0.3 is 0 Å². The number of aromatic amines is 1. The number of fused-ring (bicyclic) bond motifs is 4. The van der Waals surface area contributed by atoms with E-state index in [4.69, 9.17) is 28.6 Å². The average Bonchev–Trinajstić information content (AvgIpc) is 3.32. The van der Waals surface area contributed by atoms with Crippen molar-refractivity contribution in [2.75, 3.05) is 7.11 Å². The van der Waals surface area contributed by atoms with E-state index in [9.17, 15) is 4.79 Å². The first kappa shape index (κ1) is 21.0. The number of halogens is 1. The normalized spacial score (nSPS) is 23.2. The second kappa shape index (κ2) is 8.03. The Labute approximate surface area is 203 Å². The largest absolute Gasteiger partial charge is 0.497 e. The van der Waals surface area contributed by atoms with Gasteiger partial charge in [-0.1, -0.05) is 43.0 Å². The van der Waals surface area contributed by atoms with Crippen molar-refractivity contribution in [3.63, 3.8) is 0 Å². The van der Waals surface area contributed by atoms with Crippen molar-refractivity contribution in [2.24, 2.45) is 0 Å². The lowest BCUT2D eigenvalue weighted by atomic mass is 9.88. The van der Waals surface area contributed by atoms with Crippen molar-refractivity contribution >= 4 is 45.7 Å². The van der Waals surface area contributed by atoms with Gasteiger partial charge in [-0.2, -0.15) is 0 Å². The van der Waals surface area contributed by atoms with Gasteiger partial charge in [0.15, 0.2) is 5.11 Å². The summed E-state index contributed by atoms with van der Waals surface area (Å²) in [6.45, 7) is 0. The number of H-pyrrole nitrogens is 1. The van der Waals surface area contributed by atoms with E-state index < -0.39 is 0 Å². The molecule has 1 saturated carbocycles. The van der Waals surface area contributed by atoms with Crippen molar-refractivity contribution in [2.45, 2.75) is 56.7 Å². The Bertz CT molecular complexity index is 1250. The summed E-state index contributed by atoms with van der Waals surface area (Å²) >= 11 is 12.4. The molecule has 1 N–H and O–H groups in total. The number of hydrogen-bond donors (Lipinski definition) is 1. The summed E-state index contributed by atoms with van der Waals surface area (Å²) in [5.41, 5.74) is 4.37. The molecule has 0 spiro atoms. The van der Waals surface area contributed by atoms with Crippen LogP contribution in [-0.4, -0.2) is 45.0 Å². The summed E-state index contributed by atoms with van der Waals surface area (Å²) in [6.07, 6.45) is 6.25. The number of methoxy groups -OCH3 is 1.